The molecular formula is C18H16ClFN2. The molecule has 0 bridgehead atoms. The summed E-state index contributed by atoms with van der Waals surface area (Å²) in [4.78, 5) is 4.54. The van der Waals surface area contributed by atoms with Crippen molar-refractivity contribution in [3.63, 3.8) is 0 Å². The number of aryl methyl sites for hydroxylation is 2. The second kappa shape index (κ2) is 5.10. The number of rotatable bonds is 1. The van der Waals surface area contributed by atoms with E-state index in [4.69, 9.17) is 11.6 Å². The second-order valence-corrected chi connectivity index (χ2v) is 6.31. The van der Waals surface area contributed by atoms with Crippen LogP contribution in [-0.4, -0.2) is 9.55 Å². The number of halogens is 2. The van der Waals surface area contributed by atoms with Gasteiger partial charge in [-0.1, -0.05) is 11.6 Å². The molecule has 2 heterocycles. The summed E-state index contributed by atoms with van der Waals surface area (Å²) >= 11 is 6.18. The van der Waals surface area contributed by atoms with Crippen LogP contribution in [0.5, 0.6) is 0 Å². The SMILES string of the molecule is Cn1c2c(c3cc(-c4ccc(F)cc4Cl)ncc31)CCCC2. The molecule has 1 aromatic carbocycles. The van der Waals surface area contributed by atoms with Gasteiger partial charge in [-0.3, -0.25) is 4.98 Å². The number of hydrogen-bond donors (Lipinski definition) is 0. The van der Waals surface area contributed by atoms with Gasteiger partial charge in [0.15, 0.2) is 0 Å². The van der Waals surface area contributed by atoms with E-state index in [2.05, 4.69) is 22.7 Å². The van der Waals surface area contributed by atoms with E-state index >= 15 is 0 Å². The molecule has 1 aliphatic rings. The van der Waals surface area contributed by atoms with Crippen molar-refractivity contribution in [1.29, 1.82) is 0 Å². The first-order valence-electron chi connectivity index (χ1n) is 7.57. The van der Waals surface area contributed by atoms with Gasteiger partial charge in [0.2, 0.25) is 0 Å². The van der Waals surface area contributed by atoms with Crippen molar-refractivity contribution in [2.45, 2.75) is 25.7 Å². The van der Waals surface area contributed by atoms with Crippen molar-refractivity contribution in [3.05, 3.63) is 52.6 Å². The average molecular weight is 315 g/mol. The van der Waals surface area contributed by atoms with E-state index in [9.17, 15) is 4.39 Å². The maximum Gasteiger partial charge on any atom is 0.124 e. The lowest BCUT2D eigenvalue weighted by atomic mass is 9.95. The molecule has 4 rings (SSSR count). The zero-order valence-electron chi connectivity index (χ0n) is 12.4. The van der Waals surface area contributed by atoms with E-state index < -0.39 is 0 Å². The van der Waals surface area contributed by atoms with Gasteiger partial charge in [-0.2, -0.15) is 0 Å². The molecule has 0 radical (unpaired) electrons. The summed E-state index contributed by atoms with van der Waals surface area (Å²) in [6, 6.07) is 6.55. The van der Waals surface area contributed by atoms with Crippen LogP contribution in [-0.2, 0) is 19.9 Å². The highest BCUT2D eigenvalue weighted by Gasteiger charge is 2.19. The van der Waals surface area contributed by atoms with Crippen molar-refractivity contribution in [1.82, 2.24) is 9.55 Å². The van der Waals surface area contributed by atoms with Crippen molar-refractivity contribution in [3.8, 4) is 11.3 Å². The Hall–Kier alpha value is -1.87. The lowest BCUT2D eigenvalue weighted by Gasteiger charge is -2.12. The van der Waals surface area contributed by atoms with Gasteiger partial charge in [0.25, 0.3) is 0 Å². The fourth-order valence-electron chi connectivity index (χ4n) is 3.50. The third-order valence-electron chi connectivity index (χ3n) is 4.62. The van der Waals surface area contributed by atoms with Crippen LogP contribution >= 0.6 is 11.6 Å². The highest BCUT2D eigenvalue weighted by atomic mass is 35.5. The predicted molar refractivity (Wildman–Crippen MR) is 87.8 cm³/mol. The minimum Gasteiger partial charge on any atom is -0.346 e. The maximum absolute atomic E-state index is 13.2. The predicted octanol–water partition coefficient (Wildman–Crippen LogP) is 4.91. The highest BCUT2D eigenvalue weighted by Crippen LogP contribution is 2.34. The smallest absolute Gasteiger partial charge is 0.124 e. The first-order valence-corrected chi connectivity index (χ1v) is 7.94. The summed E-state index contributed by atoms with van der Waals surface area (Å²) in [5.41, 5.74) is 5.60. The summed E-state index contributed by atoms with van der Waals surface area (Å²) in [5.74, 6) is -0.327. The summed E-state index contributed by atoms with van der Waals surface area (Å²) in [6.45, 7) is 0. The fraction of sp³-hybridized carbons (Fsp3) is 0.278. The molecule has 4 heteroatoms. The van der Waals surface area contributed by atoms with Gasteiger partial charge in [-0.05, 0) is 55.5 Å². The average Bonchev–Trinajstić information content (AvgIpc) is 2.81. The molecule has 0 saturated heterocycles. The van der Waals surface area contributed by atoms with Crippen LogP contribution in [0.2, 0.25) is 5.02 Å². The second-order valence-electron chi connectivity index (χ2n) is 5.90. The molecule has 0 aliphatic heterocycles. The summed E-state index contributed by atoms with van der Waals surface area (Å²) in [6.07, 6.45) is 6.64. The van der Waals surface area contributed by atoms with Crippen LogP contribution in [0.4, 0.5) is 4.39 Å². The molecule has 0 N–H and O–H groups in total. The Labute approximate surface area is 133 Å². The molecular weight excluding hydrogens is 299 g/mol. The molecule has 0 spiro atoms. The van der Waals surface area contributed by atoms with Gasteiger partial charge >= 0.3 is 0 Å². The van der Waals surface area contributed by atoms with Crippen LogP contribution in [0, 0.1) is 5.82 Å². The minimum absolute atomic E-state index is 0.327. The quantitative estimate of drug-likeness (QED) is 0.624. The monoisotopic (exact) mass is 314 g/mol. The molecule has 1 aliphatic carbocycles. The maximum atomic E-state index is 13.2. The third kappa shape index (κ3) is 2.03. The molecule has 2 aromatic heterocycles. The molecule has 3 aromatic rings. The highest BCUT2D eigenvalue weighted by molar-refractivity contribution is 6.33. The molecule has 0 atom stereocenters. The molecule has 0 fully saturated rings. The number of hydrogen-bond acceptors (Lipinski definition) is 1. The van der Waals surface area contributed by atoms with Crippen LogP contribution in [0.15, 0.2) is 30.5 Å². The van der Waals surface area contributed by atoms with Crippen LogP contribution in [0.1, 0.15) is 24.1 Å². The van der Waals surface area contributed by atoms with Gasteiger partial charge in [0.1, 0.15) is 5.82 Å². The Kier molecular flexibility index (Phi) is 3.19. The van der Waals surface area contributed by atoms with E-state index in [1.54, 1.807) is 6.07 Å². The van der Waals surface area contributed by atoms with E-state index in [0.29, 0.717) is 5.02 Å². The van der Waals surface area contributed by atoms with Gasteiger partial charge in [0.05, 0.1) is 22.4 Å². The summed E-state index contributed by atoms with van der Waals surface area (Å²) in [5, 5.41) is 1.65. The van der Waals surface area contributed by atoms with Crippen molar-refractivity contribution in [2.75, 3.05) is 0 Å². The summed E-state index contributed by atoms with van der Waals surface area (Å²) < 4.78 is 15.5. The molecule has 22 heavy (non-hydrogen) atoms. The molecule has 0 saturated carbocycles. The Morgan fingerprint density at radius 2 is 2.00 bits per heavy atom. The van der Waals surface area contributed by atoms with E-state index in [0.717, 1.165) is 29.6 Å². The van der Waals surface area contributed by atoms with Crippen LogP contribution in [0.25, 0.3) is 22.2 Å². The molecule has 0 amide bonds. The number of nitrogens with zero attached hydrogens (tertiary/aromatic N) is 2. The van der Waals surface area contributed by atoms with Crippen molar-refractivity contribution >= 4 is 22.5 Å². The Balaban J connectivity index is 1.94. The number of pyridine rings is 1. The minimum atomic E-state index is -0.327. The topological polar surface area (TPSA) is 17.8 Å². The van der Waals surface area contributed by atoms with Crippen LogP contribution in [0.3, 0.4) is 0 Å². The van der Waals surface area contributed by atoms with Crippen molar-refractivity contribution < 1.29 is 4.39 Å². The van der Waals surface area contributed by atoms with E-state index in [1.165, 1.54) is 41.6 Å². The first-order chi connectivity index (χ1) is 10.6. The van der Waals surface area contributed by atoms with Gasteiger partial charge in [-0.25, -0.2) is 4.39 Å². The Morgan fingerprint density at radius 1 is 1.18 bits per heavy atom. The Morgan fingerprint density at radius 3 is 2.82 bits per heavy atom. The largest absolute Gasteiger partial charge is 0.346 e. The van der Waals surface area contributed by atoms with Gasteiger partial charge in [-0.15, -0.1) is 0 Å². The molecule has 0 unspecified atom stereocenters. The summed E-state index contributed by atoms with van der Waals surface area (Å²) in [7, 11) is 2.11. The number of fused-ring (bicyclic) bond motifs is 3. The third-order valence-corrected chi connectivity index (χ3v) is 4.93. The number of aromatic nitrogens is 2. The lowest BCUT2D eigenvalue weighted by molar-refractivity contribution is 0.628. The van der Waals surface area contributed by atoms with Crippen molar-refractivity contribution in [2.24, 2.45) is 7.05 Å². The Bertz CT molecular complexity index is 882. The fourth-order valence-corrected chi connectivity index (χ4v) is 3.76. The normalized spacial score (nSPS) is 14.3. The zero-order chi connectivity index (χ0) is 15.3. The number of benzene rings is 1. The van der Waals surface area contributed by atoms with E-state index in [1.807, 2.05) is 6.20 Å². The van der Waals surface area contributed by atoms with Crippen LogP contribution < -0.4 is 0 Å². The zero-order valence-corrected chi connectivity index (χ0v) is 13.1. The molecule has 112 valence electrons. The van der Waals surface area contributed by atoms with E-state index in [-0.39, 0.29) is 5.82 Å². The first kappa shape index (κ1) is 13.8. The molecule has 2 nitrogen and oxygen atoms in total. The van der Waals surface area contributed by atoms with Gasteiger partial charge < -0.3 is 4.57 Å². The lowest BCUT2D eigenvalue weighted by Crippen LogP contribution is -2.04. The standard InChI is InChI=1S/C18H16ClFN2/c1-22-17-5-3-2-4-12(17)14-9-16(21-10-18(14)22)13-7-6-11(20)8-15(13)19/h6-10H,2-5H2,1H3. The van der Waals surface area contributed by atoms with Gasteiger partial charge in [0, 0.05) is 23.7 Å².